The number of carbonyl (C=O) groups is 1. The standard InChI is InChI=1S/C11H15FN2O2/c1-3-14(6-7-16-2)11(15)9-4-5-10(12)13-8-9/h4-5,8H,3,6-7H2,1-2H3. The lowest BCUT2D eigenvalue weighted by Crippen LogP contribution is -2.33. The maximum Gasteiger partial charge on any atom is 0.255 e. The van der Waals surface area contributed by atoms with Gasteiger partial charge in [0.1, 0.15) is 0 Å². The van der Waals surface area contributed by atoms with Crippen LogP contribution < -0.4 is 0 Å². The molecule has 0 N–H and O–H groups in total. The molecule has 4 nitrogen and oxygen atoms in total. The first-order valence-electron chi connectivity index (χ1n) is 5.08. The van der Waals surface area contributed by atoms with E-state index in [2.05, 4.69) is 4.98 Å². The van der Waals surface area contributed by atoms with E-state index in [1.54, 1.807) is 12.0 Å². The van der Waals surface area contributed by atoms with Gasteiger partial charge < -0.3 is 9.64 Å². The molecule has 1 aromatic rings. The number of aromatic nitrogens is 1. The predicted octanol–water partition coefficient (Wildman–Crippen LogP) is 1.33. The molecule has 0 saturated heterocycles. The van der Waals surface area contributed by atoms with Gasteiger partial charge in [-0.05, 0) is 19.1 Å². The fraction of sp³-hybridized carbons (Fsp3) is 0.455. The van der Waals surface area contributed by atoms with Gasteiger partial charge in [0.2, 0.25) is 5.95 Å². The number of amides is 1. The molecular weight excluding hydrogens is 211 g/mol. The summed E-state index contributed by atoms with van der Waals surface area (Å²) in [5, 5.41) is 0. The van der Waals surface area contributed by atoms with Crippen LogP contribution in [0, 0.1) is 5.95 Å². The molecule has 0 aliphatic carbocycles. The molecule has 0 spiro atoms. The summed E-state index contributed by atoms with van der Waals surface area (Å²) in [7, 11) is 1.58. The highest BCUT2D eigenvalue weighted by molar-refractivity contribution is 5.93. The number of rotatable bonds is 5. The Morgan fingerprint density at radius 3 is 2.81 bits per heavy atom. The van der Waals surface area contributed by atoms with Gasteiger partial charge in [-0.2, -0.15) is 4.39 Å². The third-order valence-electron chi connectivity index (χ3n) is 2.21. The summed E-state index contributed by atoms with van der Waals surface area (Å²) in [6.07, 6.45) is 1.24. The van der Waals surface area contributed by atoms with Gasteiger partial charge in [-0.15, -0.1) is 0 Å². The van der Waals surface area contributed by atoms with Gasteiger partial charge in [0.25, 0.3) is 5.91 Å². The lowest BCUT2D eigenvalue weighted by atomic mass is 10.2. The molecule has 0 radical (unpaired) electrons. The molecule has 5 heteroatoms. The monoisotopic (exact) mass is 226 g/mol. The Hall–Kier alpha value is -1.49. The number of pyridine rings is 1. The van der Waals surface area contributed by atoms with Crippen LogP contribution in [0.5, 0.6) is 0 Å². The van der Waals surface area contributed by atoms with E-state index in [1.165, 1.54) is 18.3 Å². The van der Waals surface area contributed by atoms with Crippen molar-refractivity contribution in [2.75, 3.05) is 26.8 Å². The zero-order chi connectivity index (χ0) is 12.0. The van der Waals surface area contributed by atoms with Gasteiger partial charge >= 0.3 is 0 Å². The fourth-order valence-corrected chi connectivity index (χ4v) is 1.29. The zero-order valence-corrected chi connectivity index (χ0v) is 9.44. The van der Waals surface area contributed by atoms with E-state index in [1.807, 2.05) is 6.92 Å². The average Bonchev–Trinajstić information content (AvgIpc) is 2.30. The van der Waals surface area contributed by atoms with Crippen LogP contribution in [0.4, 0.5) is 4.39 Å². The molecule has 1 amide bonds. The highest BCUT2D eigenvalue weighted by Gasteiger charge is 2.13. The van der Waals surface area contributed by atoms with Gasteiger partial charge in [-0.25, -0.2) is 4.98 Å². The number of likely N-dealkylation sites (N-methyl/N-ethyl adjacent to an activating group) is 1. The van der Waals surface area contributed by atoms with Crippen molar-refractivity contribution in [1.82, 2.24) is 9.88 Å². The molecule has 16 heavy (non-hydrogen) atoms. The van der Waals surface area contributed by atoms with Crippen molar-refractivity contribution in [3.8, 4) is 0 Å². The Balaban J connectivity index is 2.70. The SMILES string of the molecule is CCN(CCOC)C(=O)c1ccc(F)nc1. The van der Waals surface area contributed by atoms with E-state index in [-0.39, 0.29) is 5.91 Å². The van der Waals surface area contributed by atoms with Crippen molar-refractivity contribution in [2.24, 2.45) is 0 Å². The number of halogens is 1. The van der Waals surface area contributed by atoms with Crippen LogP contribution in [0.2, 0.25) is 0 Å². The molecule has 0 aromatic carbocycles. The van der Waals surface area contributed by atoms with Crippen LogP contribution in [0.15, 0.2) is 18.3 Å². The molecule has 1 aromatic heterocycles. The molecule has 0 atom stereocenters. The fourth-order valence-electron chi connectivity index (χ4n) is 1.29. The maximum atomic E-state index is 12.6. The highest BCUT2D eigenvalue weighted by atomic mass is 19.1. The van der Waals surface area contributed by atoms with Gasteiger partial charge in [-0.1, -0.05) is 0 Å². The third-order valence-corrected chi connectivity index (χ3v) is 2.21. The Labute approximate surface area is 94.0 Å². The second-order valence-corrected chi connectivity index (χ2v) is 3.25. The number of methoxy groups -OCH3 is 1. The first-order valence-corrected chi connectivity index (χ1v) is 5.08. The van der Waals surface area contributed by atoms with E-state index < -0.39 is 5.95 Å². The van der Waals surface area contributed by atoms with E-state index in [0.29, 0.717) is 25.3 Å². The second kappa shape index (κ2) is 6.17. The Kier molecular flexibility index (Phi) is 4.85. The lowest BCUT2D eigenvalue weighted by molar-refractivity contribution is 0.0706. The number of hydrogen-bond donors (Lipinski definition) is 0. The zero-order valence-electron chi connectivity index (χ0n) is 9.44. The van der Waals surface area contributed by atoms with Gasteiger partial charge in [-0.3, -0.25) is 4.79 Å². The first-order chi connectivity index (χ1) is 7.69. The molecule has 88 valence electrons. The minimum atomic E-state index is -0.587. The molecule has 1 heterocycles. The summed E-state index contributed by atoms with van der Waals surface area (Å²) in [5.74, 6) is -0.747. The van der Waals surface area contributed by atoms with Crippen molar-refractivity contribution in [3.63, 3.8) is 0 Å². The first kappa shape index (κ1) is 12.6. The summed E-state index contributed by atoms with van der Waals surface area (Å²) in [4.78, 5) is 17.0. The van der Waals surface area contributed by atoms with Crippen LogP contribution in [-0.4, -0.2) is 42.6 Å². The van der Waals surface area contributed by atoms with Gasteiger partial charge in [0.05, 0.1) is 12.2 Å². The molecule has 0 unspecified atom stereocenters. The Morgan fingerprint density at radius 2 is 2.31 bits per heavy atom. The number of nitrogens with zero attached hydrogens (tertiary/aromatic N) is 2. The van der Waals surface area contributed by atoms with Crippen molar-refractivity contribution in [3.05, 3.63) is 29.8 Å². The lowest BCUT2D eigenvalue weighted by Gasteiger charge is -2.20. The van der Waals surface area contributed by atoms with Crippen molar-refractivity contribution in [2.45, 2.75) is 6.92 Å². The molecular formula is C11H15FN2O2. The second-order valence-electron chi connectivity index (χ2n) is 3.25. The van der Waals surface area contributed by atoms with E-state index in [0.717, 1.165) is 0 Å². The van der Waals surface area contributed by atoms with Crippen LogP contribution in [-0.2, 0) is 4.74 Å². The molecule has 0 fully saturated rings. The van der Waals surface area contributed by atoms with Crippen LogP contribution >= 0.6 is 0 Å². The van der Waals surface area contributed by atoms with Crippen molar-refractivity contribution < 1.29 is 13.9 Å². The van der Waals surface area contributed by atoms with Gasteiger partial charge in [0.15, 0.2) is 0 Å². The molecule has 0 aliphatic heterocycles. The quantitative estimate of drug-likeness (QED) is 0.711. The predicted molar refractivity (Wildman–Crippen MR) is 57.6 cm³/mol. The van der Waals surface area contributed by atoms with Crippen LogP contribution in [0.25, 0.3) is 0 Å². The highest BCUT2D eigenvalue weighted by Crippen LogP contribution is 2.04. The van der Waals surface area contributed by atoms with Gasteiger partial charge in [0, 0.05) is 26.4 Å². The van der Waals surface area contributed by atoms with Crippen molar-refractivity contribution in [1.29, 1.82) is 0 Å². The minimum absolute atomic E-state index is 0.160. The summed E-state index contributed by atoms with van der Waals surface area (Å²) < 4.78 is 17.5. The van der Waals surface area contributed by atoms with E-state index >= 15 is 0 Å². The summed E-state index contributed by atoms with van der Waals surface area (Å²) in [5.41, 5.74) is 0.388. The minimum Gasteiger partial charge on any atom is -0.383 e. The third kappa shape index (κ3) is 3.27. The van der Waals surface area contributed by atoms with E-state index in [4.69, 9.17) is 4.74 Å². The largest absolute Gasteiger partial charge is 0.383 e. The Morgan fingerprint density at radius 1 is 1.56 bits per heavy atom. The maximum absolute atomic E-state index is 12.6. The van der Waals surface area contributed by atoms with Crippen LogP contribution in [0.3, 0.4) is 0 Å². The summed E-state index contributed by atoms with van der Waals surface area (Å²) in [6.45, 7) is 3.46. The number of ether oxygens (including phenoxy) is 1. The topological polar surface area (TPSA) is 42.4 Å². The molecule has 0 aliphatic rings. The average molecular weight is 226 g/mol. The summed E-state index contributed by atoms with van der Waals surface area (Å²) >= 11 is 0. The molecule has 0 saturated carbocycles. The van der Waals surface area contributed by atoms with E-state index in [9.17, 15) is 9.18 Å². The van der Waals surface area contributed by atoms with Crippen molar-refractivity contribution >= 4 is 5.91 Å². The number of hydrogen-bond acceptors (Lipinski definition) is 3. The Bertz CT molecular complexity index is 340. The normalized spacial score (nSPS) is 10.2. The summed E-state index contributed by atoms with van der Waals surface area (Å²) in [6, 6.07) is 2.61. The number of carbonyl (C=O) groups excluding carboxylic acids is 1. The van der Waals surface area contributed by atoms with Crippen LogP contribution in [0.1, 0.15) is 17.3 Å². The molecule has 0 bridgehead atoms. The smallest absolute Gasteiger partial charge is 0.255 e. The molecule has 1 rings (SSSR count).